The monoisotopic (exact) mass is 341 g/mol. The van der Waals surface area contributed by atoms with E-state index in [1.807, 2.05) is 24.3 Å². The van der Waals surface area contributed by atoms with Crippen LogP contribution in [0.5, 0.6) is 5.75 Å². The third kappa shape index (κ3) is 5.64. The van der Waals surface area contributed by atoms with Crippen molar-refractivity contribution in [3.8, 4) is 5.75 Å². The maximum absolute atomic E-state index is 12.1. The molecule has 0 bridgehead atoms. The van der Waals surface area contributed by atoms with E-state index in [9.17, 15) is 9.59 Å². The van der Waals surface area contributed by atoms with Crippen molar-refractivity contribution in [3.05, 3.63) is 59.7 Å². The highest BCUT2D eigenvalue weighted by Crippen LogP contribution is 2.13. The van der Waals surface area contributed by atoms with E-state index in [1.165, 1.54) is 5.56 Å². The Kier molecular flexibility index (Phi) is 6.57. The van der Waals surface area contributed by atoms with Crippen LogP contribution in [-0.2, 0) is 27.2 Å². The SMILES string of the molecule is CCc1ccc(NC(=O)[C@@H](C)OC(=O)Cc2ccc(OC)cc2)cc1. The van der Waals surface area contributed by atoms with Gasteiger partial charge in [-0.25, -0.2) is 0 Å². The Morgan fingerprint density at radius 1 is 1.00 bits per heavy atom. The van der Waals surface area contributed by atoms with Crippen LogP contribution in [0.15, 0.2) is 48.5 Å². The normalized spacial score (nSPS) is 11.5. The summed E-state index contributed by atoms with van der Waals surface area (Å²) >= 11 is 0. The Labute approximate surface area is 148 Å². The first-order chi connectivity index (χ1) is 12.0. The summed E-state index contributed by atoms with van der Waals surface area (Å²) in [4.78, 5) is 24.1. The van der Waals surface area contributed by atoms with Crippen molar-refractivity contribution in [1.29, 1.82) is 0 Å². The van der Waals surface area contributed by atoms with Crippen LogP contribution in [0.2, 0.25) is 0 Å². The van der Waals surface area contributed by atoms with E-state index in [0.717, 1.165) is 17.7 Å². The topological polar surface area (TPSA) is 64.6 Å². The van der Waals surface area contributed by atoms with E-state index >= 15 is 0 Å². The van der Waals surface area contributed by atoms with Gasteiger partial charge < -0.3 is 14.8 Å². The second-order valence-corrected chi connectivity index (χ2v) is 5.70. The summed E-state index contributed by atoms with van der Waals surface area (Å²) in [6.07, 6.45) is 0.178. The van der Waals surface area contributed by atoms with Gasteiger partial charge in [-0.05, 0) is 48.7 Å². The molecule has 0 aromatic heterocycles. The number of ether oxygens (including phenoxy) is 2. The highest BCUT2D eigenvalue weighted by atomic mass is 16.5. The smallest absolute Gasteiger partial charge is 0.311 e. The molecule has 0 spiro atoms. The molecule has 5 nitrogen and oxygen atoms in total. The molecule has 0 saturated carbocycles. The molecule has 5 heteroatoms. The number of carbonyl (C=O) groups is 2. The van der Waals surface area contributed by atoms with Crippen molar-refractivity contribution in [2.75, 3.05) is 12.4 Å². The molecule has 2 rings (SSSR count). The number of anilines is 1. The number of methoxy groups -OCH3 is 1. The Bertz CT molecular complexity index is 707. The maximum atomic E-state index is 12.1. The lowest BCUT2D eigenvalue weighted by Crippen LogP contribution is -2.30. The zero-order valence-corrected chi connectivity index (χ0v) is 14.7. The Morgan fingerprint density at radius 2 is 1.60 bits per heavy atom. The second-order valence-electron chi connectivity index (χ2n) is 5.70. The van der Waals surface area contributed by atoms with E-state index in [1.54, 1.807) is 38.3 Å². The average Bonchev–Trinajstić information content (AvgIpc) is 2.62. The Hall–Kier alpha value is -2.82. The number of carbonyl (C=O) groups excluding carboxylic acids is 2. The van der Waals surface area contributed by atoms with E-state index < -0.39 is 12.1 Å². The first kappa shape index (κ1) is 18.5. The maximum Gasteiger partial charge on any atom is 0.311 e. The van der Waals surface area contributed by atoms with Crippen LogP contribution in [0.25, 0.3) is 0 Å². The highest BCUT2D eigenvalue weighted by Gasteiger charge is 2.18. The van der Waals surface area contributed by atoms with E-state index in [0.29, 0.717) is 5.69 Å². The molecule has 132 valence electrons. The molecule has 0 aliphatic rings. The molecule has 0 aliphatic carbocycles. The minimum atomic E-state index is -0.864. The third-order valence-corrected chi connectivity index (χ3v) is 3.81. The molecule has 0 unspecified atom stereocenters. The number of hydrogen-bond donors (Lipinski definition) is 1. The van der Waals surface area contributed by atoms with Gasteiger partial charge in [-0.2, -0.15) is 0 Å². The second kappa shape index (κ2) is 8.87. The molecule has 1 atom stereocenters. The fourth-order valence-corrected chi connectivity index (χ4v) is 2.27. The van der Waals surface area contributed by atoms with Gasteiger partial charge in [0.1, 0.15) is 5.75 Å². The number of benzene rings is 2. The number of rotatable bonds is 7. The number of hydrogen-bond acceptors (Lipinski definition) is 4. The fraction of sp³-hybridized carbons (Fsp3) is 0.300. The van der Waals surface area contributed by atoms with Crippen LogP contribution < -0.4 is 10.1 Å². The van der Waals surface area contributed by atoms with E-state index in [4.69, 9.17) is 9.47 Å². The zero-order chi connectivity index (χ0) is 18.2. The molecular formula is C20H23NO4. The van der Waals surface area contributed by atoms with Crippen LogP contribution in [-0.4, -0.2) is 25.1 Å². The summed E-state index contributed by atoms with van der Waals surface area (Å²) in [5, 5.41) is 2.74. The van der Waals surface area contributed by atoms with Crippen molar-refractivity contribution in [1.82, 2.24) is 0 Å². The van der Waals surface area contributed by atoms with Gasteiger partial charge >= 0.3 is 5.97 Å². The van der Waals surface area contributed by atoms with Gasteiger partial charge in [-0.1, -0.05) is 31.2 Å². The minimum Gasteiger partial charge on any atom is -0.497 e. The van der Waals surface area contributed by atoms with Crippen LogP contribution in [0.4, 0.5) is 5.69 Å². The first-order valence-electron chi connectivity index (χ1n) is 8.24. The van der Waals surface area contributed by atoms with Crippen LogP contribution >= 0.6 is 0 Å². The lowest BCUT2D eigenvalue weighted by molar-refractivity contribution is -0.152. The number of aryl methyl sites for hydroxylation is 1. The average molecular weight is 341 g/mol. The van der Waals surface area contributed by atoms with Gasteiger partial charge in [-0.15, -0.1) is 0 Å². The van der Waals surface area contributed by atoms with Gasteiger partial charge in [0.2, 0.25) is 0 Å². The van der Waals surface area contributed by atoms with Gasteiger partial charge in [0.15, 0.2) is 6.10 Å². The Balaban J connectivity index is 1.85. The number of esters is 1. The molecule has 0 radical (unpaired) electrons. The standard InChI is InChI=1S/C20H23NO4/c1-4-15-5-9-17(10-6-15)21-20(23)14(2)25-19(22)13-16-7-11-18(24-3)12-8-16/h5-12,14H,4,13H2,1-3H3,(H,21,23)/t14-/m1/s1. The van der Waals surface area contributed by atoms with Crippen molar-refractivity contribution in [2.24, 2.45) is 0 Å². The lowest BCUT2D eigenvalue weighted by Gasteiger charge is -2.14. The molecule has 1 amide bonds. The molecule has 0 aliphatic heterocycles. The fourth-order valence-electron chi connectivity index (χ4n) is 2.27. The van der Waals surface area contributed by atoms with Crippen LogP contribution in [0.1, 0.15) is 25.0 Å². The molecule has 0 heterocycles. The van der Waals surface area contributed by atoms with Gasteiger partial charge in [0.05, 0.1) is 13.5 Å². The summed E-state index contributed by atoms with van der Waals surface area (Å²) in [6.45, 7) is 3.62. The van der Waals surface area contributed by atoms with Crippen molar-refractivity contribution in [3.63, 3.8) is 0 Å². The lowest BCUT2D eigenvalue weighted by atomic mass is 10.1. The largest absolute Gasteiger partial charge is 0.497 e. The van der Waals surface area contributed by atoms with Gasteiger partial charge in [-0.3, -0.25) is 9.59 Å². The summed E-state index contributed by atoms with van der Waals surface area (Å²) in [6, 6.07) is 14.7. The van der Waals surface area contributed by atoms with Crippen molar-refractivity contribution >= 4 is 17.6 Å². The quantitative estimate of drug-likeness (QED) is 0.784. The number of amides is 1. The molecule has 0 fully saturated rings. The van der Waals surface area contributed by atoms with E-state index in [2.05, 4.69) is 12.2 Å². The summed E-state index contributed by atoms with van der Waals surface area (Å²) in [5.41, 5.74) is 2.67. The Morgan fingerprint density at radius 3 is 2.16 bits per heavy atom. The molecule has 25 heavy (non-hydrogen) atoms. The first-order valence-corrected chi connectivity index (χ1v) is 8.24. The van der Waals surface area contributed by atoms with Crippen LogP contribution in [0.3, 0.4) is 0 Å². The predicted molar refractivity (Wildman–Crippen MR) is 96.7 cm³/mol. The van der Waals surface area contributed by atoms with Crippen molar-refractivity contribution < 1.29 is 19.1 Å². The van der Waals surface area contributed by atoms with Crippen molar-refractivity contribution in [2.45, 2.75) is 32.8 Å². The molecule has 2 aromatic rings. The molecular weight excluding hydrogens is 318 g/mol. The third-order valence-electron chi connectivity index (χ3n) is 3.81. The summed E-state index contributed by atoms with van der Waals surface area (Å²) < 4.78 is 10.3. The molecule has 2 aromatic carbocycles. The highest BCUT2D eigenvalue weighted by molar-refractivity contribution is 5.95. The minimum absolute atomic E-state index is 0.104. The predicted octanol–water partition coefficient (Wildman–Crippen LogP) is 3.37. The van der Waals surface area contributed by atoms with Gasteiger partial charge in [0, 0.05) is 5.69 Å². The van der Waals surface area contributed by atoms with E-state index in [-0.39, 0.29) is 12.3 Å². The molecule has 1 N–H and O–H groups in total. The zero-order valence-electron chi connectivity index (χ0n) is 14.7. The molecule has 0 saturated heterocycles. The van der Waals surface area contributed by atoms with Crippen LogP contribution in [0, 0.1) is 0 Å². The summed E-state index contributed by atoms with van der Waals surface area (Å²) in [5.74, 6) is -0.0829. The summed E-state index contributed by atoms with van der Waals surface area (Å²) in [7, 11) is 1.58. The number of nitrogens with one attached hydrogen (secondary N) is 1. The van der Waals surface area contributed by atoms with Gasteiger partial charge in [0.25, 0.3) is 5.91 Å².